The van der Waals surface area contributed by atoms with Crippen LogP contribution in [0.2, 0.25) is 0 Å². The molecule has 218 valence electrons. The number of hydrogen-bond donors (Lipinski definition) is 0. The predicted molar refractivity (Wildman–Crippen MR) is 186 cm³/mol. The highest BCUT2D eigenvalue weighted by Gasteiger charge is 2.15. The van der Waals surface area contributed by atoms with Gasteiger partial charge >= 0.3 is 0 Å². The fourth-order valence-corrected chi connectivity index (χ4v) is 6.39. The number of rotatable bonds is 10. The van der Waals surface area contributed by atoms with Crippen molar-refractivity contribution in [1.82, 2.24) is 9.55 Å². The summed E-state index contributed by atoms with van der Waals surface area (Å²) < 4.78 is 8.58. The van der Waals surface area contributed by atoms with Crippen LogP contribution in [0.15, 0.2) is 127 Å². The van der Waals surface area contributed by atoms with Gasteiger partial charge in [0.2, 0.25) is 0 Å². The zero-order valence-electron chi connectivity index (χ0n) is 25.5. The lowest BCUT2D eigenvalue weighted by molar-refractivity contribution is 0.233. The van der Waals surface area contributed by atoms with Crippen molar-refractivity contribution in [2.75, 3.05) is 6.61 Å². The van der Waals surface area contributed by atoms with Gasteiger partial charge in [-0.05, 0) is 78.1 Å². The van der Waals surface area contributed by atoms with Crippen LogP contribution in [0.3, 0.4) is 0 Å². The van der Waals surface area contributed by atoms with Crippen molar-refractivity contribution in [3.8, 4) is 33.8 Å². The van der Waals surface area contributed by atoms with E-state index in [9.17, 15) is 0 Å². The quantitative estimate of drug-likeness (QED) is 0.162. The molecule has 0 saturated carbocycles. The van der Waals surface area contributed by atoms with Crippen LogP contribution in [-0.2, 0) is 0 Å². The molecule has 0 amide bonds. The van der Waals surface area contributed by atoms with Gasteiger partial charge in [-0.1, -0.05) is 106 Å². The molecule has 1 atom stereocenters. The number of hydrogen-bond acceptors (Lipinski definition) is 2. The second-order valence-electron chi connectivity index (χ2n) is 11.7. The van der Waals surface area contributed by atoms with Gasteiger partial charge in [0.1, 0.15) is 5.75 Å². The molecule has 0 aliphatic rings. The number of fused-ring (bicyclic) bond motifs is 4. The Morgan fingerprint density at radius 2 is 1.39 bits per heavy atom. The third-order valence-corrected chi connectivity index (χ3v) is 8.89. The number of unbranched alkanes of at least 4 members (excludes halogenated alkanes) is 1. The summed E-state index contributed by atoms with van der Waals surface area (Å²) in [5.74, 6) is 1.55. The van der Waals surface area contributed by atoms with Crippen LogP contribution in [-0.4, -0.2) is 16.2 Å². The van der Waals surface area contributed by atoms with E-state index in [0.717, 1.165) is 41.2 Å². The van der Waals surface area contributed by atoms with Crippen molar-refractivity contribution in [1.29, 1.82) is 0 Å². The molecule has 2 heterocycles. The molecule has 0 bridgehead atoms. The molecule has 0 aliphatic heterocycles. The second kappa shape index (κ2) is 12.4. The summed E-state index contributed by atoms with van der Waals surface area (Å²) in [6, 6.07) is 45.3. The van der Waals surface area contributed by atoms with Crippen molar-refractivity contribution in [3.05, 3.63) is 127 Å². The van der Waals surface area contributed by atoms with Crippen LogP contribution >= 0.6 is 0 Å². The minimum atomic E-state index is 0.613. The monoisotopic (exact) mass is 574 g/mol. The number of ether oxygens (including phenoxy) is 1. The molecule has 3 heteroatoms. The molecule has 44 heavy (non-hydrogen) atoms. The van der Waals surface area contributed by atoms with E-state index in [2.05, 4.69) is 146 Å². The van der Waals surface area contributed by atoms with Gasteiger partial charge in [-0.3, -0.25) is 0 Å². The predicted octanol–water partition coefficient (Wildman–Crippen LogP) is 11.3. The topological polar surface area (TPSA) is 27.1 Å². The smallest absolute Gasteiger partial charge is 0.119 e. The maximum atomic E-state index is 6.22. The lowest BCUT2D eigenvalue weighted by Crippen LogP contribution is -2.11. The molecular formula is C41H38N2O. The number of nitrogens with zero attached hydrogens (tertiary/aromatic N) is 2. The van der Waals surface area contributed by atoms with Gasteiger partial charge in [-0.15, -0.1) is 0 Å². The zero-order chi connectivity index (χ0) is 29.9. The molecular weight excluding hydrogens is 536 g/mol. The van der Waals surface area contributed by atoms with Gasteiger partial charge < -0.3 is 9.30 Å². The highest BCUT2D eigenvalue weighted by Crippen LogP contribution is 2.37. The molecule has 2 aromatic heterocycles. The van der Waals surface area contributed by atoms with Gasteiger partial charge in [-0.25, -0.2) is 4.98 Å². The average Bonchev–Trinajstić information content (AvgIpc) is 3.42. The number of aromatic nitrogens is 2. The summed E-state index contributed by atoms with van der Waals surface area (Å²) in [6.45, 7) is 5.30. The Labute approximate surface area is 259 Å². The van der Waals surface area contributed by atoms with Gasteiger partial charge in [0.25, 0.3) is 0 Å². The Balaban J connectivity index is 1.28. The molecule has 5 aromatic carbocycles. The first-order valence-electron chi connectivity index (χ1n) is 16.0. The Hall–Kier alpha value is -4.89. The second-order valence-corrected chi connectivity index (χ2v) is 11.7. The first-order valence-corrected chi connectivity index (χ1v) is 16.0. The van der Waals surface area contributed by atoms with Gasteiger partial charge in [0, 0.05) is 27.4 Å². The van der Waals surface area contributed by atoms with Crippen LogP contribution in [0.4, 0.5) is 0 Å². The molecule has 1 unspecified atom stereocenters. The molecule has 0 saturated heterocycles. The molecule has 7 rings (SSSR count). The van der Waals surface area contributed by atoms with E-state index in [1.165, 1.54) is 57.6 Å². The van der Waals surface area contributed by atoms with Crippen LogP contribution in [0.1, 0.15) is 39.5 Å². The van der Waals surface area contributed by atoms with Gasteiger partial charge in [-0.2, -0.15) is 0 Å². The van der Waals surface area contributed by atoms with Crippen molar-refractivity contribution in [2.24, 2.45) is 5.92 Å². The largest absolute Gasteiger partial charge is 0.493 e. The van der Waals surface area contributed by atoms with Crippen molar-refractivity contribution in [3.63, 3.8) is 0 Å². The highest BCUT2D eigenvalue weighted by molar-refractivity contribution is 6.10. The lowest BCUT2D eigenvalue weighted by Gasteiger charge is -2.16. The van der Waals surface area contributed by atoms with E-state index in [-0.39, 0.29) is 0 Å². The van der Waals surface area contributed by atoms with Crippen LogP contribution in [0.25, 0.3) is 60.8 Å². The first kappa shape index (κ1) is 27.9. The minimum absolute atomic E-state index is 0.613. The summed E-state index contributed by atoms with van der Waals surface area (Å²) >= 11 is 0. The number of para-hydroxylation sites is 2. The fourth-order valence-electron chi connectivity index (χ4n) is 6.39. The summed E-state index contributed by atoms with van der Waals surface area (Å²) in [5, 5.41) is 3.62. The SMILES string of the molecule is CCCCC(CC)COc1ccc(-n2c3ccccc3c3cc(-c4cc(-c5ccccc5)c5ccccc5n4)ccc32)cc1. The highest BCUT2D eigenvalue weighted by atomic mass is 16.5. The summed E-state index contributed by atoms with van der Waals surface area (Å²) in [6.07, 6.45) is 4.89. The minimum Gasteiger partial charge on any atom is -0.493 e. The molecule has 0 N–H and O–H groups in total. The van der Waals surface area contributed by atoms with Gasteiger partial charge in [0.05, 0.1) is 28.9 Å². The molecule has 0 fully saturated rings. The van der Waals surface area contributed by atoms with E-state index in [0.29, 0.717) is 5.92 Å². The third-order valence-electron chi connectivity index (χ3n) is 8.89. The summed E-state index contributed by atoms with van der Waals surface area (Å²) in [4.78, 5) is 5.12. The van der Waals surface area contributed by atoms with Gasteiger partial charge in [0.15, 0.2) is 0 Å². The van der Waals surface area contributed by atoms with Crippen LogP contribution in [0.5, 0.6) is 5.75 Å². The van der Waals surface area contributed by atoms with Crippen molar-refractivity contribution >= 4 is 32.7 Å². The first-order chi connectivity index (χ1) is 21.7. The maximum absolute atomic E-state index is 6.22. The third kappa shape index (κ3) is 5.35. The average molecular weight is 575 g/mol. The van der Waals surface area contributed by atoms with Crippen LogP contribution in [0, 0.1) is 5.92 Å². The van der Waals surface area contributed by atoms with E-state index in [1.54, 1.807) is 0 Å². The van der Waals surface area contributed by atoms with E-state index in [4.69, 9.17) is 9.72 Å². The summed E-state index contributed by atoms with van der Waals surface area (Å²) in [5.41, 5.74) is 8.99. The maximum Gasteiger partial charge on any atom is 0.119 e. The number of benzene rings is 5. The number of pyridine rings is 1. The van der Waals surface area contributed by atoms with E-state index >= 15 is 0 Å². The van der Waals surface area contributed by atoms with E-state index in [1.807, 2.05) is 0 Å². The lowest BCUT2D eigenvalue weighted by atomic mass is 9.98. The zero-order valence-corrected chi connectivity index (χ0v) is 25.5. The molecule has 0 aliphatic carbocycles. The normalized spacial score (nSPS) is 12.2. The Kier molecular flexibility index (Phi) is 7.85. The Morgan fingerprint density at radius 3 is 2.18 bits per heavy atom. The Morgan fingerprint density at radius 1 is 0.659 bits per heavy atom. The molecule has 3 nitrogen and oxygen atoms in total. The van der Waals surface area contributed by atoms with E-state index < -0.39 is 0 Å². The fraction of sp³-hybridized carbons (Fsp3) is 0.195. The molecule has 0 spiro atoms. The molecule has 0 radical (unpaired) electrons. The van der Waals surface area contributed by atoms with Crippen molar-refractivity contribution in [2.45, 2.75) is 39.5 Å². The summed E-state index contributed by atoms with van der Waals surface area (Å²) in [7, 11) is 0. The standard InChI is InChI=1S/C41H38N2O/c1-3-5-13-29(4-2)28-44-33-23-21-32(22-24-33)43-40-19-12-10-17-35(40)37-26-31(20-25-41(37)43)39-27-36(30-14-7-6-8-15-30)34-16-9-11-18-38(34)42-39/h6-12,14-27,29H,3-5,13,28H2,1-2H3. The van der Waals surface area contributed by atoms with Crippen LogP contribution < -0.4 is 4.74 Å². The molecule has 7 aromatic rings. The van der Waals surface area contributed by atoms with Crippen molar-refractivity contribution < 1.29 is 4.74 Å². The Bertz CT molecular complexity index is 2040.